The first-order chi connectivity index (χ1) is 11.1. The van der Waals surface area contributed by atoms with Crippen LogP contribution in [0.25, 0.3) is 0 Å². The number of likely N-dealkylation sites (tertiary alicyclic amines) is 1. The van der Waals surface area contributed by atoms with Crippen molar-refractivity contribution >= 4 is 11.8 Å². The monoisotopic (exact) mass is 343 g/mol. The van der Waals surface area contributed by atoms with E-state index in [4.69, 9.17) is 0 Å². The number of hydrogen-bond donors (Lipinski definition) is 1. The van der Waals surface area contributed by atoms with Crippen LogP contribution >= 0.6 is 0 Å². The minimum Gasteiger partial charge on any atom is -0.387 e. The van der Waals surface area contributed by atoms with Crippen LogP contribution in [0.4, 0.5) is 13.2 Å². The summed E-state index contributed by atoms with van der Waals surface area (Å²) in [4.78, 5) is 25.6. The molecule has 1 saturated heterocycles. The molecule has 0 bridgehead atoms. The van der Waals surface area contributed by atoms with Gasteiger partial charge in [0.15, 0.2) is 0 Å². The van der Waals surface area contributed by atoms with E-state index in [1.54, 1.807) is 0 Å². The smallest absolute Gasteiger partial charge is 0.387 e. The number of nitrogens with zero attached hydrogens (tertiary/aromatic N) is 1. The van der Waals surface area contributed by atoms with Crippen LogP contribution < -0.4 is 0 Å². The Hall–Kier alpha value is -1.89. The highest BCUT2D eigenvalue weighted by Crippen LogP contribution is 2.39. The third kappa shape index (κ3) is 3.31. The van der Waals surface area contributed by atoms with E-state index in [0.29, 0.717) is 12.8 Å². The molecule has 132 valence electrons. The second-order valence-corrected chi connectivity index (χ2v) is 6.11. The molecule has 2 rings (SSSR count). The summed E-state index contributed by atoms with van der Waals surface area (Å²) >= 11 is 0. The largest absolute Gasteiger partial charge is 0.416 e. The van der Waals surface area contributed by atoms with Crippen molar-refractivity contribution in [1.82, 2.24) is 4.90 Å². The van der Waals surface area contributed by atoms with Gasteiger partial charge in [-0.3, -0.25) is 14.5 Å². The molecule has 1 aromatic rings. The van der Waals surface area contributed by atoms with Crippen molar-refractivity contribution in [2.45, 2.75) is 45.4 Å². The van der Waals surface area contributed by atoms with Crippen LogP contribution in [-0.2, 0) is 15.8 Å². The third-order valence-electron chi connectivity index (χ3n) is 4.82. The van der Waals surface area contributed by atoms with Gasteiger partial charge in [0.05, 0.1) is 23.6 Å². The van der Waals surface area contributed by atoms with E-state index in [1.807, 2.05) is 13.8 Å². The van der Waals surface area contributed by atoms with Gasteiger partial charge in [-0.15, -0.1) is 0 Å². The normalized spacial score (nSPS) is 19.0. The molecule has 0 spiro atoms. The van der Waals surface area contributed by atoms with Crippen molar-refractivity contribution in [2.75, 3.05) is 6.54 Å². The van der Waals surface area contributed by atoms with Gasteiger partial charge in [-0.25, -0.2) is 0 Å². The second-order valence-electron chi connectivity index (χ2n) is 6.11. The van der Waals surface area contributed by atoms with Crippen LogP contribution in [0, 0.1) is 5.41 Å². The van der Waals surface area contributed by atoms with Crippen LogP contribution in [0.2, 0.25) is 0 Å². The Labute approximate surface area is 138 Å². The lowest BCUT2D eigenvalue weighted by Gasteiger charge is -2.25. The first kappa shape index (κ1) is 18.4. The van der Waals surface area contributed by atoms with Crippen LogP contribution in [0.1, 0.15) is 50.3 Å². The Balaban J connectivity index is 2.13. The van der Waals surface area contributed by atoms with E-state index >= 15 is 0 Å². The molecule has 0 aromatic heterocycles. The first-order valence-electron chi connectivity index (χ1n) is 7.84. The lowest BCUT2D eigenvalue weighted by atomic mass is 9.81. The standard InChI is InChI=1S/C17H20F3NO3/c1-3-16(4-2)9-14(23)21(15(16)24)10-13(22)11-5-7-12(8-6-11)17(18,19)20/h5-8,13,22H,3-4,9-10H2,1-2H3. The van der Waals surface area contributed by atoms with Crippen LogP contribution in [0.5, 0.6) is 0 Å². The van der Waals surface area contributed by atoms with Gasteiger partial charge in [0.1, 0.15) is 0 Å². The maximum Gasteiger partial charge on any atom is 0.416 e. The molecular formula is C17H20F3NO3. The van der Waals surface area contributed by atoms with Gasteiger partial charge in [0.25, 0.3) is 0 Å². The molecule has 24 heavy (non-hydrogen) atoms. The predicted octanol–water partition coefficient (Wildman–Crippen LogP) is 3.30. The first-order valence-corrected chi connectivity index (χ1v) is 7.84. The van der Waals surface area contributed by atoms with Crippen LogP contribution in [-0.4, -0.2) is 28.4 Å². The summed E-state index contributed by atoms with van der Waals surface area (Å²) in [6.07, 6.45) is -4.50. The van der Waals surface area contributed by atoms with Gasteiger partial charge < -0.3 is 5.11 Å². The zero-order chi connectivity index (χ0) is 18.1. The molecule has 4 nitrogen and oxygen atoms in total. The number of benzene rings is 1. The molecule has 1 N–H and O–H groups in total. The summed E-state index contributed by atoms with van der Waals surface area (Å²) in [6.45, 7) is 3.43. The van der Waals surface area contributed by atoms with E-state index < -0.39 is 23.3 Å². The maximum absolute atomic E-state index is 12.6. The van der Waals surface area contributed by atoms with Gasteiger partial charge in [-0.1, -0.05) is 26.0 Å². The Morgan fingerprint density at radius 2 is 1.71 bits per heavy atom. The Morgan fingerprint density at radius 1 is 1.17 bits per heavy atom. The fourth-order valence-electron chi connectivity index (χ4n) is 3.02. The predicted molar refractivity (Wildman–Crippen MR) is 80.8 cm³/mol. The van der Waals surface area contributed by atoms with Crippen molar-refractivity contribution < 1.29 is 27.9 Å². The summed E-state index contributed by atoms with van der Waals surface area (Å²) in [7, 11) is 0. The third-order valence-corrected chi connectivity index (χ3v) is 4.82. The number of carbonyl (C=O) groups is 2. The Kier molecular flexibility index (Phi) is 5.03. The van der Waals surface area contributed by atoms with Crippen molar-refractivity contribution in [2.24, 2.45) is 5.41 Å². The average molecular weight is 343 g/mol. The molecule has 7 heteroatoms. The molecule has 1 atom stereocenters. The van der Waals surface area contributed by atoms with Gasteiger partial charge in [-0.2, -0.15) is 13.2 Å². The zero-order valence-corrected chi connectivity index (χ0v) is 13.6. The summed E-state index contributed by atoms with van der Waals surface area (Å²) in [5, 5.41) is 10.2. The number of aliphatic hydroxyl groups excluding tert-OH is 1. The number of imide groups is 1. The van der Waals surface area contributed by atoms with Crippen LogP contribution in [0.15, 0.2) is 24.3 Å². The quantitative estimate of drug-likeness (QED) is 0.835. The molecule has 0 saturated carbocycles. The fraction of sp³-hybridized carbons (Fsp3) is 0.529. The van der Waals surface area contributed by atoms with E-state index in [-0.39, 0.29) is 30.3 Å². The highest BCUT2D eigenvalue weighted by molar-refractivity contribution is 6.05. The molecule has 1 aliphatic rings. The Bertz CT molecular complexity index is 621. The molecule has 0 radical (unpaired) electrons. The number of amides is 2. The summed E-state index contributed by atoms with van der Waals surface area (Å²) in [6, 6.07) is 4.06. The minimum atomic E-state index is -4.45. The number of aliphatic hydroxyl groups is 1. The molecule has 1 fully saturated rings. The van der Waals surface area contributed by atoms with Crippen molar-refractivity contribution in [3.8, 4) is 0 Å². The number of alkyl halides is 3. The van der Waals surface area contributed by atoms with Crippen molar-refractivity contribution in [3.63, 3.8) is 0 Å². The molecule has 1 heterocycles. The number of carbonyl (C=O) groups excluding carboxylic acids is 2. The van der Waals surface area contributed by atoms with E-state index in [1.165, 1.54) is 0 Å². The lowest BCUT2D eigenvalue weighted by Crippen LogP contribution is -2.37. The molecule has 1 aliphatic heterocycles. The fourth-order valence-corrected chi connectivity index (χ4v) is 3.02. The lowest BCUT2D eigenvalue weighted by molar-refractivity contribution is -0.143. The van der Waals surface area contributed by atoms with Crippen molar-refractivity contribution in [1.29, 1.82) is 0 Å². The molecular weight excluding hydrogens is 323 g/mol. The zero-order valence-electron chi connectivity index (χ0n) is 13.6. The number of β-amino-alcohol motifs (C(OH)–C–C–N with tert-alkyl or cyclic N) is 1. The van der Waals surface area contributed by atoms with Crippen LogP contribution in [0.3, 0.4) is 0 Å². The second kappa shape index (κ2) is 6.55. The highest BCUT2D eigenvalue weighted by atomic mass is 19.4. The summed E-state index contributed by atoms with van der Waals surface area (Å²) in [5.74, 6) is -0.668. The topological polar surface area (TPSA) is 57.6 Å². The SMILES string of the molecule is CCC1(CC)CC(=O)N(CC(O)c2ccc(C(F)(F)F)cc2)C1=O. The van der Waals surface area contributed by atoms with E-state index in [9.17, 15) is 27.9 Å². The number of halogens is 3. The summed E-state index contributed by atoms with van der Waals surface area (Å²) in [5.41, 5.74) is -1.31. The molecule has 1 aromatic carbocycles. The molecule has 2 amide bonds. The maximum atomic E-state index is 12.6. The van der Waals surface area contributed by atoms with E-state index in [2.05, 4.69) is 0 Å². The van der Waals surface area contributed by atoms with Crippen molar-refractivity contribution in [3.05, 3.63) is 35.4 Å². The minimum absolute atomic E-state index is 0.110. The Morgan fingerprint density at radius 3 is 2.12 bits per heavy atom. The van der Waals surface area contributed by atoms with Gasteiger partial charge in [-0.05, 0) is 30.5 Å². The van der Waals surface area contributed by atoms with Gasteiger partial charge in [0.2, 0.25) is 11.8 Å². The molecule has 1 unspecified atom stereocenters. The summed E-state index contributed by atoms with van der Waals surface area (Å²) < 4.78 is 37.7. The van der Waals surface area contributed by atoms with Gasteiger partial charge >= 0.3 is 6.18 Å². The molecule has 0 aliphatic carbocycles. The van der Waals surface area contributed by atoms with E-state index in [0.717, 1.165) is 29.2 Å². The number of rotatable bonds is 5. The highest BCUT2D eigenvalue weighted by Gasteiger charge is 2.49. The average Bonchev–Trinajstić information content (AvgIpc) is 2.78. The van der Waals surface area contributed by atoms with Gasteiger partial charge in [0, 0.05) is 6.42 Å². The number of hydrogen-bond acceptors (Lipinski definition) is 3.